The summed E-state index contributed by atoms with van der Waals surface area (Å²) >= 11 is 0. The lowest BCUT2D eigenvalue weighted by atomic mass is 9.97. The standard InChI is InChI=1S/C18H14N2/c1-3-7-16-14(5-1)11-15-6-2-4-8-17(15)18(16)12-20-10-9-19-13-20/h1-11,13H,12H2. The van der Waals surface area contributed by atoms with E-state index in [9.17, 15) is 0 Å². The van der Waals surface area contributed by atoms with Crippen molar-refractivity contribution in [1.82, 2.24) is 9.55 Å². The summed E-state index contributed by atoms with van der Waals surface area (Å²) in [5.41, 5.74) is 1.36. The average molecular weight is 258 g/mol. The molecule has 0 unspecified atom stereocenters. The zero-order chi connectivity index (χ0) is 13.4. The third kappa shape index (κ3) is 1.77. The Balaban J connectivity index is 2.06. The van der Waals surface area contributed by atoms with E-state index in [1.165, 1.54) is 27.1 Å². The van der Waals surface area contributed by atoms with Crippen molar-refractivity contribution in [2.45, 2.75) is 6.54 Å². The number of hydrogen-bond acceptors (Lipinski definition) is 1. The van der Waals surface area contributed by atoms with Crippen molar-refractivity contribution in [3.63, 3.8) is 0 Å². The van der Waals surface area contributed by atoms with Gasteiger partial charge in [0.1, 0.15) is 0 Å². The molecule has 0 spiro atoms. The van der Waals surface area contributed by atoms with Crippen molar-refractivity contribution in [1.29, 1.82) is 0 Å². The fourth-order valence-electron chi connectivity index (χ4n) is 2.84. The van der Waals surface area contributed by atoms with Gasteiger partial charge < -0.3 is 4.57 Å². The van der Waals surface area contributed by atoms with Crippen LogP contribution in [0.1, 0.15) is 5.56 Å². The van der Waals surface area contributed by atoms with Gasteiger partial charge in [-0.25, -0.2) is 4.98 Å². The van der Waals surface area contributed by atoms with E-state index >= 15 is 0 Å². The smallest absolute Gasteiger partial charge is 0.0949 e. The van der Waals surface area contributed by atoms with Crippen LogP contribution in [0.15, 0.2) is 73.3 Å². The molecule has 0 N–H and O–H groups in total. The molecule has 96 valence electrons. The second-order valence-electron chi connectivity index (χ2n) is 5.03. The largest absolute Gasteiger partial charge is 0.333 e. The molecule has 4 aromatic rings. The molecule has 0 saturated carbocycles. The molecule has 1 heterocycles. The Morgan fingerprint density at radius 2 is 1.50 bits per heavy atom. The number of benzene rings is 3. The maximum atomic E-state index is 4.14. The van der Waals surface area contributed by atoms with E-state index in [2.05, 4.69) is 64.1 Å². The summed E-state index contributed by atoms with van der Waals surface area (Å²) in [6.45, 7) is 0.849. The normalized spacial score (nSPS) is 11.2. The van der Waals surface area contributed by atoms with Gasteiger partial charge in [-0.2, -0.15) is 0 Å². The first-order chi connectivity index (χ1) is 9.92. The van der Waals surface area contributed by atoms with Crippen molar-refractivity contribution < 1.29 is 0 Å². The molecular weight excluding hydrogens is 244 g/mol. The highest BCUT2D eigenvalue weighted by Crippen LogP contribution is 2.28. The van der Waals surface area contributed by atoms with Crippen LogP contribution in [0.4, 0.5) is 0 Å². The fourth-order valence-corrected chi connectivity index (χ4v) is 2.84. The maximum Gasteiger partial charge on any atom is 0.0949 e. The van der Waals surface area contributed by atoms with Crippen LogP contribution in [-0.2, 0) is 6.54 Å². The Hall–Kier alpha value is -2.61. The second kappa shape index (κ2) is 4.49. The molecule has 3 aromatic carbocycles. The van der Waals surface area contributed by atoms with Gasteiger partial charge in [-0.3, -0.25) is 0 Å². The molecule has 0 aliphatic heterocycles. The topological polar surface area (TPSA) is 17.8 Å². The number of fused-ring (bicyclic) bond motifs is 2. The van der Waals surface area contributed by atoms with Crippen LogP contribution in [0.3, 0.4) is 0 Å². The SMILES string of the molecule is c1ccc2c(Cn3ccnc3)c3ccccc3cc2c1. The molecule has 4 rings (SSSR count). The predicted molar refractivity (Wildman–Crippen MR) is 82.8 cm³/mol. The van der Waals surface area contributed by atoms with E-state index in [1.54, 1.807) is 0 Å². The number of aromatic nitrogens is 2. The summed E-state index contributed by atoms with van der Waals surface area (Å²) in [6.07, 6.45) is 5.71. The van der Waals surface area contributed by atoms with Crippen LogP contribution in [0.5, 0.6) is 0 Å². The van der Waals surface area contributed by atoms with Gasteiger partial charge in [0.2, 0.25) is 0 Å². The van der Waals surface area contributed by atoms with Gasteiger partial charge in [0.25, 0.3) is 0 Å². The Bertz CT molecular complexity index is 822. The molecule has 2 nitrogen and oxygen atoms in total. The lowest BCUT2D eigenvalue weighted by Gasteiger charge is -2.12. The van der Waals surface area contributed by atoms with E-state index in [1.807, 2.05) is 18.7 Å². The van der Waals surface area contributed by atoms with Gasteiger partial charge in [-0.1, -0.05) is 48.5 Å². The van der Waals surface area contributed by atoms with Crippen molar-refractivity contribution in [3.8, 4) is 0 Å². The summed E-state index contributed by atoms with van der Waals surface area (Å²) in [4.78, 5) is 4.14. The van der Waals surface area contributed by atoms with Gasteiger partial charge in [0, 0.05) is 18.9 Å². The molecule has 1 aromatic heterocycles. The van der Waals surface area contributed by atoms with Crippen molar-refractivity contribution in [2.75, 3.05) is 0 Å². The van der Waals surface area contributed by atoms with Crippen molar-refractivity contribution in [2.24, 2.45) is 0 Å². The van der Waals surface area contributed by atoms with E-state index in [-0.39, 0.29) is 0 Å². The van der Waals surface area contributed by atoms with Crippen LogP contribution in [-0.4, -0.2) is 9.55 Å². The molecule has 0 saturated heterocycles. The molecule has 0 bridgehead atoms. The van der Waals surface area contributed by atoms with Gasteiger partial charge in [-0.05, 0) is 33.2 Å². The van der Waals surface area contributed by atoms with Crippen LogP contribution < -0.4 is 0 Å². The third-order valence-electron chi connectivity index (χ3n) is 3.78. The van der Waals surface area contributed by atoms with Crippen LogP contribution in [0.2, 0.25) is 0 Å². The van der Waals surface area contributed by atoms with Gasteiger partial charge >= 0.3 is 0 Å². The molecule has 0 aliphatic carbocycles. The second-order valence-corrected chi connectivity index (χ2v) is 5.03. The highest BCUT2D eigenvalue weighted by atomic mass is 15.0. The Morgan fingerprint density at radius 3 is 2.10 bits per heavy atom. The van der Waals surface area contributed by atoms with Crippen molar-refractivity contribution >= 4 is 21.5 Å². The number of hydrogen-bond donors (Lipinski definition) is 0. The van der Waals surface area contributed by atoms with Gasteiger partial charge in [0.05, 0.1) is 6.33 Å². The molecule has 20 heavy (non-hydrogen) atoms. The minimum absolute atomic E-state index is 0.849. The van der Waals surface area contributed by atoms with Crippen molar-refractivity contribution in [3.05, 3.63) is 78.9 Å². The first-order valence-corrected chi connectivity index (χ1v) is 6.77. The third-order valence-corrected chi connectivity index (χ3v) is 3.78. The summed E-state index contributed by atoms with van der Waals surface area (Å²) in [7, 11) is 0. The van der Waals surface area contributed by atoms with E-state index in [0.29, 0.717) is 0 Å². The van der Waals surface area contributed by atoms with Gasteiger partial charge in [-0.15, -0.1) is 0 Å². The molecular formula is C18H14N2. The fraction of sp³-hybridized carbons (Fsp3) is 0.0556. The molecule has 0 radical (unpaired) electrons. The molecule has 0 amide bonds. The summed E-state index contributed by atoms with van der Waals surface area (Å²) < 4.78 is 2.12. The van der Waals surface area contributed by atoms with Crippen LogP contribution >= 0.6 is 0 Å². The quantitative estimate of drug-likeness (QED) is 0.492. The monoisotopic (exact) mass is 258 g/mol. The van der Waals surface area contributed by atoms with E-state index < -0.39 is 0 Å². The van der Waals surface area contributed by atoms with Gasteiger partial charge in [0.15, 0.2) is 0 Å². The molecule has 0 aliphatic rings. The molecule has 0 atom stereocenters. The minimum Gasteiger partial charge on any atom is -0.333 e. The number of nitrogens with zero attached hydrogens (tertiary/aromatic N) is 2. The maximum absolute atomic E-state index is 4.14. The highest BCUT2D eigenvalue weighted by Gasteiger charge is 2.07. The predicted octanol–water partition coefficient (Wildman–Crippen LogP) is 4.24. The molecule has 2 heteroatoms. The Kier molecular flexibility index (Phi) is 2.52. The van der Waals surface area contributed by atoms with Crippen LogP contribution in [0.25, 0.3) is 21.5 Å². The summed E-state index contributed by atoms with van der Waals surface area (Å²) in [5, 5.41) is 5.22. The zero-order valence-corrected chi connectivity index (χ0v) is 11.0. The first kappa shape index (κ1) is 11.2. The molecule has 0 fully saturated rings. The number of imidazole rings is 1. The summed E-state index contributed by atoms with van der Waals surface area (Å²) in [6, 6.07) is 19.4. The lowest BCUT2D eigenvalue weighted by Crippen LogP contribution is -1.98. The lowest BCUT2D eigenvalue weighted by molar-refractivity contribution is 0.807. The van der Waals surface area contributed by atoms with Crippen LogP contribution in [0, 0.1) is 0 Å². The average Bonchev–Trinajstić information content (AvgIpc) is 3.00. The summed E-state index contributed by atoms with van der Waals surface area (Å²) in [5.74, 6) is 0. The van der Waals surface area contributed by atoms with E-state index in [0.717, 1.165) is 6.54 Å². The highest BCUT2D eigenvalue weighted by molar-refractivity contribution is 6.02. The Labute approximate surface area is 117 Å². The Morgan fingerprint density at radius 1 is 0.850 bits per heavy atom. The zero-order valence-electron chi connectivity index (χ0n) is 11.0. The van der Waals surface area contributed by atoms with E-state index in [4.69, 9.17) is 0 Å². The number of rotatable bonds is 2. The minimum atomic E-state index is 0.849. The first-order valence-electron chi connectivity index (χ1n) is 6.77.